The SMILES string of the molecule is C=CCCCc1cn2c(C)ccc(S(=O)(=O)N3CCC[C@H]3C(=O)OC)c2n1. The highest BCUT2D eigenvalue weighted by molar-refractivity contribution is 7.89. The first-order valence-corrected chi connectivity index (χ1v) is 10.5. The predicted molar refractivity (Wildman–Crippen MR) is 102 cm³/mol. The molecule has 1 fully saturated rings. The Hall–Kier alpha value is -2.19. The molecule has 0 saturated carbocycles. The number of sulfonamides is 1. The number of carbonyl (C=O) groups is 1. The molecule has 0 unspecified atom stereocenters. The van der Waals surface area contributed by atoms with E-state index in [0.29, 0.717) is 25.0 Å². The molecule has 2 aromatic rings. The van der Waals surface area contributed by atoms with Crippen LogP contribution in [-0.2, 0) is 26.0 Å². The molecule has 1 aliphatic heterocycles. The summed E-state index contributed by atoms with van der Waals surface area (Å²) in [6.45, 7) is 5.93. The zero-order valence-corrected chi connectivity index (χ0v) is 16.5. The molecule has 0 N–H and O–H groups in total. The van der Waals surface area contributed by atoms with E-state index in [-0.39, 0.29) is 4.90 Å². The highest BCUT2D eigenvalue weighted by Crippen LogP contribution is 2.29. The standard InChI is InChI=1S/C19H25N3O4S/c1-4-5-6-8-15-13-21-14(2)10-11-17(18(21)20-15)27(24,25)22-12-7-9-16(22)19(23)26-3/h4,10-11,13,16H,1,5-9,12H2,2-3H3/t16-/m0/s1. The van der Waals surface area contributed by atoms with Gasteiger partial charge < -0.3 is 9.14 Å². The second-order valence-corrected chi connectivity index (χ2v) is 8.60. The van der Waals surface area contributed by atoms with Crippen molar-refractivity contribution in [2.24, 2.45) is 0 Å². The fourth-order valence-corrected chi connectivity index (χ4v) is 5.26. The predicted octanol–water partition coefficient (Wildman–Crippen LogP) is 2.48. The lowest BCUT2D eigenvalue weighted by molar-refractivity contribution is -0.144. The Morgan fingerprint density at radius 1 is 1.44 bits per heavy atom. The highest BCUT2D eigenvalue weighted by Gasteiger charge is 2.41. The number of fused-ring (bicyclic) bond motifs is 1. The first-order valence-electron chi connectivity index (χ1n) is 9.08. The van der Waals surface area contributed by atoms with Gasteiger partial charge in [0.1, 0.15) is 10.9 Å². The molecule has 0 bridgehead atoms. The topological polar surface area (TPSA) is 81.0 Å². The number of pyridine rings is 1. The molecular weight excluding hydrogens is 366 g/mol. The average molecular weight is 391 g/mol. The van der Waals surface area contributed by atoms with E-state index in [2.05, 4.69) is 11.6 Å². The summed E-state index contributed by atoms with van der Waals surface area (Å²) in [5.41, 5.74) is 2.14. The summed E-state index contributed by atoms with van der Waals surface area (Å²) in [5.74, 6) is -0.521. The molecule has 1 aliphatic rings. The van der Waals surface area contributed by atoms with Gasteiger partial charge in [0, 0.05) is 18.4 Å². The second-order valence-electron chi connectivity index (χ2n) is 6.74. The summed E-state index contributed by atoms with van der Waals surface area (Å²) in [7, 11) is -2.59. The maximum Gasteiger partial charge on any atom is 0.324 e. The summed E-state index contributed by atoms with van der Waals surface area (Å²) >= 11 is 0. The third kappa shape index (κ3) is 3.64. The van der Waals surface area contributed by atoms with E-state index in [0.717, 1.165) is 30.7 Å². The number of imidazole rings is 1. The molecule has 8 heteroatoms. The number of ether oxygens (including phenoxy) is 1. The monoisotopic (exact) mass is 391 g/mol. The molecule has 27 heavy (non-hydrogen) atoms. The van der Waals surface area contributed by atoms with Crippen LogP contribution in [0.15, 0.2) is 35.9 Å². The Kier molecular flexibility index (Phi) is 5.67. The molecule has 0 amide bonds. The van der Waals surface area contributed by atoms with E-state index in [1.165, 1.54) is 11.4 Å². The average Bonchev–Trinajstić information content (AvgIpc) is 3.29. The molecule has 0 aliphatic carbocycles. The van der Waals surface area contributed by atoms with Gasteiger partial charge in [-0.15, -0.1) is 6.58 Å². The summed E-state index contributed by atoms with van der Waals surface area (Å²) in [4.78, 5) is 16.7. The zero-order valence-electron chi connectivity index (χ0n) is 15.7. The van der Waals surface area contributed by atoms with Gasteiger partial charge in [0.2, 0.25) is 10.0 Å². The Balaban J connectivity index is 2.03. The van der Waals surface area contributed by atoms with Gasteiger partial charge in [0.25, 0.3) is 0 Å². The Bertz CT molecular complexity index is 965. The van der Waals surface area contributed by atoms with Crippen molar-refractivity contribution in [3.63, 3.8) is 0 Å². The number of aryl methyl sites for hydroxylation is 2. The third-order valence-corrected chi connectivity index (χ3v) is 6.87. The smallest absolute Gasteiger partial charge is 0.324 e. The lowest BCUT2D eigenvalue weighted by Crippen LogP contribution is -2.41. The van der Waals surface area contributed by atoms with Crippen molar-refractivity contribution in [3.05, 3.63) is 42.4 Å². The van der Waals surface area contributed by atoms with Gasteiger partial charge in [-0.3, -0.25) is 4.79 Å². The van der Waals surface area contributed by atoms with Crippen LogP contribution in [0.4, 0.5) is 0 Å². The maximum atomic E-state index is 13.3. The lowest BCUT2D eigenvalue weighted by Gasteiger charge is -2.22. The molecule has 146 valence electrons. The normalized spacial score (nSPS) is 18.1. The molecule has 1 saturated heterocycles. The van der Waals surface area contributed by atoms with Crippen molar-refractivity contribution in [1.29, 1.82) is 0 Å². The molecule has 1 atom stereocenters. The number of hydrogen-bond acceptors (Lipinski definition) is 5. The number of esters is 1. The van der Waals surface area contributed by atoms with Crippen LogP contribution in [0.25, 0.3) is 5.65 Å². The Morgan fingerprint density at radius 3 is 2.93 bits per heavy atom. The third-order valence-electron chi connectivity index (χ3n) is 4.94. The zero-order chi connectivity index (χ0) is 19.6. The molecule has 3 rings (SSSR count). The van der Waals surface area contributed by atoms with E-state index < -0.39 is 22.0 Å². The second kappa shape index (κ2) is 7.82. The van der Waals surface area contributed by atoms with Crippen LogP contribution in [0.2, 0.25) is 0 Å². The van der Waals surface area contributed by atoms with Gasteiger partial charge in [0.05, 0.1) is 12.8 Å². The molecule has 0 spiro atoms. The van der Waals surface area contributed by atoms with E-state index in [1.54, 1.807) is 16.5 Å². The number of unbranched alkanes of at least 4 members (excludes halogenated alkanes) is 1. The Morgan fingerprint density at radius 2 is 2.22 bits per heavy atom. The van der Waals surface area contributed by atoms with Crippen LogP contribution < -0.4 is 0 Å². The lowest BCUT2D eigenvalue weighted by atomic mass is 10.2. The minimum atomic E-state index is -3.87. The van der Waals surface area contributed by atoms with Crippen molar-refractivity contribution in [2.75, 3.05) is 13.7 Å². The minimum absolute atomic E-state index is 0.124. The molecule has 3 heterocycles. The van der Waals surface area contributed by atoms with E-state index >= 15 is 0 Å². The van der Waals surface area contributed by atoms with Gasteiger partial charge in [-0.2, -0.15) is 4.31 Å². The first kappa shape index (κ1) is 19.6. The van der Waals surface area contributed by atoms with Gasteiger partial charge in [-0.05, 0) is 51.2 Å². The molecule has 2 aromatic heterocycles. The van der Waals surface area contributed by atoms with Gasteiger partial charge >= 0.3 is 5.97 Å². The van der Waals surface area contributed by atoms with Crippen LogP contribution in [0.5, 0.6) is 0 Å². The number of rotatable bonds is 7. The van der Waals surface area contributed by atoms with Gasteiger partial charge in [-0.1, -0.05) is 6.08 Å². The first-order chi connectivity index (χ1) is 12.9. The molecule has 7 nitrogen and oxygen atoms in total. The number of aromatic nitrogens is 2. The summed E-state index contributed by atoms with van der Waals surface area (Å²) in [6.07, 6.45) is 7.38. The number of carbonyl (C=O) groups excluding carboxylic acids is 1. The van der Waals surface area contributed by atoms with E-state index in [1.807, 2.05) is 19.2 Å². The Labute approximate surface area is 159 Å². The molecule has 0 radical (unpaired) electrons. The van der Waals surface area contributed by atoms with Crippen LogP contribution in [-0.4, -0.2) is 47.8 Å². The van der Waals surface area contributed by atoms with Crippen LogP contribution in [0, 0.1) is 6.92 Å². The van der Waals surface area contributed by atoms with Crippen molar-refractivity contribution in [2.45, 2.75) is 50.0 Å². The van der Waals surface area contributed by atoms with Crippen LogP contribution in [0.1, 0.15) is 37.1 Å². The fraction of sp³-hybridized carbons (Fsp3) is 0.474. The van der Waals surface area contributed by atoms with Crippen LogP contribution in [0.3, 0.4) is 0 Å². The van der Waals surface area contributed by atoms with Gasteiger partial charge in [0.15, 0.2) is 5.65 Å². The minimum Gasteiger partial charge on any atom is -0.468 e. The highest BCUT2D eigenvalue weighted by atomic mass is 32.2. The number of allylic oxidation sites excluding steroid dienone is 1. The number of methoxy groups -OCH3 is 1. The van der Waals surface area contributed by atoms with E-state index in [9.17, 15) is 13.2 Å². The van der Waals surface area contributed by atoms with Crippen molar-refractivity contribution >= 4 is 21.6 Å². The van der Waals surface area contributed by atoms with Crippen molar-refractivity contribution in [1.82, 2.24) is 13.7 Å². The maximum absolute atomic E-state index is 13.3. The summed E-state index contributed by atoms with van der Waals surface area (Å²) < 4.78 is 34.5. The quantitative estimate of drug-likeness (QED) is 0.411. The van der Waals surface area contributed by atoms with Gasteiger partial charge in [-0.25, -0.2) is 13.4 Å². The van der Waals surface area contributed by atoms with Crippen molar-refractivity contribution < 1.29 is 17.9 Å². The van der Waals surface area contributed by atoms with Crippen LogP contribution >= 0.6 is 0 Å². The molecular formula is C19H25N3O4S. The number of hydrogen-bond donors (Lipinski definition) is 0. The van der Waals surface area contributed by atoms with Crippen molar-refractivity contribution in [3.8, 4) is 0 Å². The fourth-order valence-electron chi connectivity index (χ4n) is 3.50. The summed E-state index contributed by atoms with van der Waals surface area (Å²) in [6, 6.07) is 2.56. The summed E-state index contributed by atoms with van der Waals surface area (Å²) in [5, 5.41) is 0. The number of nitrogens with zero attached hydrogens (tertiary/aromatic N) is 3. The van der Waals surface area contributed by atoms with E-state index in [4.69, 9.17) is 4.74 Å². The molecule has 0 aromatic carbocycles. The largest absolute Gasteiger partial charge is 0.468 e.